The van der Waals surface area contributed by atoms with Crippen molar-refractivity contribution in [1.82, 2.24) is 5.32 Å². The molecule has 1 heterocycles. The van der Waals surface area contributed by atoms with E-state index in [1.165, 1.54) is 19.3 Å². The van der Waals surface area contributed by atoms with Crippen LogP contribution in [0.25, 0.3) is 0 Å². The van der Waals surface area contributed by atoms with E-state index in [1.807, 2.05) is 19.1 Å². The summed E-state index contributed by atoms with van der Waals surface area (Å²) in [5.74, 6) is 0.364. The van der Waals surface area contributed by atoms with Gasteiger partial charge in [-0.2, -0.15) is 0 Å². The Morgan fingerprint density at radius 3 is 2.94 bits per heavy atom. The van der Waals surface area contributed by atoms with Gasteiger partial charge in [-0.3, -0.25) is 0 Å². The topological polar surface area (TPSA) is 44.3 Å². The Labute approximate surface area is 110 Å². The van der Waals surface area contributed by atoms with Crippen LogP contribution in [0.5, 0.6) is 5.75 Å². The molecule has 3 nitrogen and oxygen atoms in total. The molecule has 0 radical (unpaired) electrons. The van der Waals surface area contributed by atoms with Crippen molar-refractivity contribution in [1.29, 1.82) is 0 Å². The third-order valence-electron chi connectivity index (χ3n) is 3.67. The molecule has 2 unspecified atom stereocenters. The number of phenols is 1. The molecule has 1 fully saturated rings. The summed E-state index contributed by atoms with van der Waals surface area (Å²) >= 11 is 0. The predicted molar refractivity (Wildman–Crippen MR) is 76.2 cm³/mol. The summed E-state index contributed by atoms with van der Waals surface area (Å²) < 4.78 is 0. The van der Waals surface area contributed by atoms with Gasteiger partial charge in [-0.25, -0.2) is 0 Å². The zero-order valence-electron chi connectivity index (χ0n) is 11.4. The summed E-state index contributed by atoms with van der Waals surface area (Å²) in [7, 11) is 0. The fourth-order valence-corrected chi connectivity index (χ4v) is 2.59. The second kappa shape index (κ2) is 6.10. The van der Waals surface area contributed by atoms with Gasteiger partial charge in [-0.1, -0.05) is 12.5 Å². The molecule has 0 saturated carbocycles. The number of phenolic OH excluding ortho intramolecular Hbond substituents is 1. The lowest BCUT2D eigenvalue weighted by Gasteiger charge is -2.27. The van der Waals surface area contributed by atoms with E-state index >= 15 is 0 Å². The molecule has 1 aliphatic rings. The van der Waals surface area contributed by atoms with Crippen LogP contribution >= 0.6 is 0 Å². The Morgan fingerprint density at radius 1 is 1.44 bits per heavy atom. The van der Waals surface area contributed by atoms with Crippen molar-refractivity contribution in [2.45, 2.75) is 51.6 Å². The third kappa shape index (κ3) is 3.64. The van der Waals surface area contributed by atoms with E-state index in [-0.39, 0.29) is 0 Å². The van der Waals surface area contributed by atoms with E-state index in [4.69, 9.17) is 0 Å². The number of hydrogen-bond acceptors (Lipinski definition) is 3. The van der Waals surface area contributed by atoms with Crippen LogP contribution < -0.4 is 10.6 Å². The van der Waals surface area contributed by atoms with E-state index < -0.39 is 0 Å². The molecule has 0 aromatic heterocycles. The normalized spacial score (nSPS) is 21.6. The minimum atomic E-state index is 0.364. The average molecular weight is 248 g/mol. The molecule has 1 aromatic rings. The summed E-state index contributed by atoms with van der Waals surface area (Å²) in [6, 6.07) is 6.84. The summed E-state index contributed by atoms with van der Waals surface area (Å²) in [6.45, 7) is 5.27. The van der Waals surface area contributed by atoms with E-state index in [0.717, 1.165) is 24.2 Å². The molecule has 0 amide bonds. The van der Waals surface area contributed by atoms with Crippen LogP contribution in [0.4, 0.5) is 5.69 Å². The minimum Gasteiger partial charge on any atom is -0.508 e. The monoisotopic (exact) mass is 248 g/mol. The summed E-state index contributed by atoms with van der Waals surface area (Å²) in [6.07, 6.45) is 5.07. The Morgan fingerprint density at radius 2 is 2.28 bits per heavy atom. The molecule has 0 aliphatic carbocycles. The lowest BCUT2D eigenvalue weighted by Crippen LogP contribution is -2.37. The van der Waals surface area contributed by atoms with Crippen LogP contribution in [0.3, 0.4) is 0 Å². The molecule has 2 atom stereocenters. The maximum atomic E-state index is 9.68. The molecule has 0 spiro atoms. The van der Waals surface area contributed by atoms with Crippen LogP contribution in [0.1, 0.15) is 38.2 Å². The van der Waals surface area contributed by atoms with Crippen molar-refractivity contribution in [3.05, 3.63) is 23.8 Å². The van der Waals surface area contributed by atoms with E-state index in [0.29, 0.717) is 17.8 Å². The fraction of sp³-hybridized carbons (Fsp3) is 0.600. The highest BCUT2D eigenvalue weighted by atomic mass is 16.3. The molecule has 0 bridgehead atoms. The number of aromatic hydroxyl groups is 1. The number of piperidine rings is 1. The molecule has 1 saturated heterocycles. The number of nitrogens with one attached hydrogen (secondary N) is 2. The number of hydrogen-bond donors (Lipinski definition) is 3. The standard InChI is InChI=1S/C15H24N2O/c1-11-6-7-14(10-15(11)18)17-12(2)9-13-5-3-4-8-16-13/h6-7,10,12-13,16-18H,3-5,8-9H2,1-2H3. The van der Waals surface area contributed by atoms with E-state index in [2.05, 4.69) is 17.6 Å². The highest BCUT2D eigenvalue weighted by Gasteiger charge is 2.15. The number of aryl methyl sites for hydroxylation is 1. The van der Waals surface area contributed by atoms with Crippen LogP contribution in [-0.4, -0.2) is 23.7 Å². The van der Waals surface area contributed by atoms with Crippen LogP contribution in [-0.2, 0) is 0 Å². The predicted octanol–water partition coefficient (Wildman–Crippen LogP) is 3.03. The molecule has 3 N–H and O–H groups in total. The highest BCUT2D eigenvalue weighted by Crippen LogP contribution is 2.22. The van der Waals surface area contributed by atoms with E-state index in [9.17, 15) is 5.11 Å². The van der Waals surface area contributed by atoms with Gasteiger partial charge in [0.05, 0.1) is 0 Å². The third-order valence-corrected chi connectivity index (χ3v) is 3.67. The van der Waals surface area contributed by atoms with Crippen LogP contribution in [0.2, 0.25) is 0 Å². The highest BCUT2D eigenvalue weighted by molar-refractivity contribution is 5.51. The second-order valence-electron chi connectivity index (χ2n) is 5.43. The first-order valence-electron chi connectivity index (χ1n) is 6.94. The van der Waals surface area contributed by atoms with Gasteiger partial charge in [0.1, 0.15) is 5.75 Å². The first-order valence-corrected chi connectivity index (χ1v) is 6.94. The van der Waals surface area contributed by atoms with Crippen molar-refractivity contribution in [3.63, 3.8) is 0 Å². The molecule has 1 aromatic carbocycles. The Balaban J connectivity index is 1.85. The maximum Gasteiger partial charge on any atom is 0.120 e. The lowest BCUT2D eigenvalue weighted by molar-refractivity contribution is 0.371. The van der Waals surface area contributed by atoms with Gasteiger partial charge in [0.2, 0.25) is 0 Å². The molecular weight excluding hydrogens is 224 g/mol. The van der Waals surface area contributed by atoms with Crippen molar-refractivity contribution in [2.24, 2.45) is 0 Å². The van der Waals surface area contributed by atoms with Crippen LogP contribution in [0, 0.1) is 6.92 Å². The van der Waals surface area contributed by atoms with Gasteiger partial charge >= 0.3 is 0 Å². The second-order valence-corrected chi connectivity index (χ2v) is 5.43. The maximum absolute atomic E-state index is 9.68. The number of anilines is 1. The largest absolute Gasteiger partial charge is 0.508 e. The first-order chi connectivity index (χ1) is 8.65. The summed E-state index contributed by atoms with van der Waals surface area (Å²) in [4.78, 5) is 0. The first kappa shape index (κ1) is 13.2. The average Bonchev–Trinajstić information content (AvgIpc) is 2.35. The molecular formula is C15H24N2O. The lowest BCUT2D eigenvalue weighted by atomic mass is 9.98. The smallest absolute Gasteiger partial charge is 0.120 e. The zero-order valence-corrected chi connectivity index (χ0v) is 11.4. The Bertz CT molecular complexity index is 386. The van der Waals surface area contributed by atoms with Gasteiger partial charge in [-0.15, -0.1) is 0 Å². The number of rotatable bonds is 4. The molecule has 2 rings (SSSR count). The fourth-order valence-electron chi connectivity index (χ4n) is 2.59. The SMILES string of the molecule is Cc1ccc(NC(C)CC2CCCCN2)cc1O. The van der Waals surface area contributed by atoms with Crippen molar-refractivity contribution < 1.29 is 5.11 Å². The van der Waals surface area contributed by atoms with Gasteiger partial charge < -0.3 is 15.7 Å². The number of benzene rings is 1. The van der Waals surface area contributed by atoms with Crippen LogP contribution in [0.15, 0.2) is 18.2 Å². The van der Waals surface area contributed by atoms with Gasteiger partial charge in [0.25, 0.3) is 0 Å². The Hall–Kier alpha value is -1.22. The minimum absolute atomic E-state index is 0.364. The van der Waals surface area contributed by atoms with Crippen molar-refractivity contribution >= 4 is 5.69 Å². The van der Waals surface area contributed by atoms with Gasteiger partial charge in [-0.05, 0) is 51.3 Å². The Kier molecular flexibility index (Phi) is 4.48. The molecule has 18 heavy (non-hydrogen) atoms. The van der Waals surface area contributed by atoms with Crippen molar-refractivity contribution in [3.8, 4) is 5.75 Å². The van der Waals surface area contributed by atoms with Gasteiger partial charge in [0, 0.05) is 23.8 Å². The van der Waals surface area contributed by atoms with Gasteiger partial charge in [0.15, 0.2) is 0 Å². The summed E-state index contributed by atoms with van der Waals surface area (Å²) in [5, 5.41) is 16.7. The molecule has 3 heteroatoms. The van der Waals surface area contributed by atoms with Crippen molar-refractivity contribution in [2.75, 3.05) is 11.9 Å². The van der Waals surface area contributed by atoms with E-state index in [1.54, 1.807) is 6.07 Å². The quantitative estimate of drug-likeness (QED) is 0.767. The summed E-state index contributed by atoms with van der Waals surface area (Å²) in [5.41, 5.74) is 1.92. The zero-order chi connectivity index (χ0) is 13.0. The molecule has 100 valence electrons. The molecule has 1 aliphatic heterocycles.